The van der Waals surface area contributed by atoms with Gasteiger partial charge in [-0.1, -0.05) is 95.3 Å². The second-order valence-electron chi connectivity index (χ2n) is 11.2. The predicted octanol–water partition coefficient (Wildman–Crippen LogP) is 7.88. The van der Waals surface area contributed by atoms with Gasteiger partial charge in [0, 0.05) is 32.7 Å². The number of phenols is 1. The van der Waals surface area contributed by atoms with Crippen LogP contribution in [-0.4, -0.2) is 16.7 Å². The molecule has 180 valence electrons. The van der Waals surface area contributed by atoms with E-state index in [-0.39, 0.29) is 28.1 Å². The summed E-state index contributed by atoms with van der Waals surface area (Å²) >= 11 is 1.33. The lowest BCUT2D eigenvalue weighted by molar-refractivity contribution is 0.0998. The highest BCUT2D eigenvalue weighted by atomic mass is 32.2. The molecule has 4 heteroatoms. The normalized spacial score (nSPS) is 14.4. The third-order valence-electron chi connectivity index (χ3n) is 6.33. The number of aryl methyl sites for hydroxylation is 1. The largest absolute Gasteiger partial charge is 0.507 e. The molecule has 0 radical (unpaired) electrons. The predicted molar refractivity (Wildman–Crippen MR) is 145 cm³/mol. The molecule has 0 fully saturated rings. The first-order chi connectivity index (χ1) is 16.3. The number of fused-ring (bicyclic) bond motifs is 1. The molecule has 0 amide bonds. The maximum absolute atomic E-state index is 13.9. The number of hydrogen-bond acceptors (Lipinski definition) is 4. The number of rotatable bonds is 3. The molecule has 1 aliphatic carbocycles. The molecule has 3 nitrogen and oxygen atoms in total. The topological polar surface area (TPSA) is 54.4 Å². The maximum Gasteiger partial charge on any atom is 0.201 e. The first kappa shape index (κ1) is 25.0. The van der Waals surface area contributed by atoms with Gasteiger partial charge < -0.3 is 5.11 Å². The zero-order chi connectivity index (χ0) is 25.7. The number of ketones is 2. The van der Waals surface area contributed by atoms with Gasteiger partial charge in [0.05, 0.1) is 4.91 Å². The van der Waals surface area contributed by atoms with Crippen molar-refractivity contribution in [3.63, 3.8) is 0 Å². The van der Waals surface area contributed by atoms with Crippen molar-refractivity contribution in [1.82, 2.24) is 0 Å². The van der Waals surface area contributed by atoms with Crippen LogP contribution in [0.5, 0.6) is 5.75 Å². The van der Waals surface area contributed by atoms with Gasteiger partial charge in [-0.05, 0) is 47.6 Å². The molecule has 4 rings (SSSR count). The van der Waals surface area contributed by atoms with E-state index in [0.717, 1.165) is 21.6 Å². The summed E-state index contributed by atoms with van der Waals surface area (Å²) in [6, 6.07) is 18.7. The Morgan fingerprint density at radius 2 is 1.20 bits per heavy atom. The van der Waals surface area contributed by atoms with Gasteiger partial charge in [-0.15, -0.1) is 0 Å². The number of hydrogen-bond donors (Lipinski definition) is 1. The highest BCUT2D eigenvalue weighted by Crippen LogP contribution is 2.45. The minimum atomic E-state index is -0.357. The van der Waals surface area contributed by atoms with Gasteiger partial charge in [-0.2, -0.15) is 0 Å². The van der Waals surface area contributed by atoms with Crippen molar-refractivity contribution in [2.75, 3.05) is 0 Å². The molecule has 1 aliphatic rings. The van der Waals surface area contributed by atoms with Crippen molar-refractivity contribution in [2.45, 2.75) is 64.2 Å². The third kappa shape index (κ3) is 4.72. The second-order valence-corrected chi connectivity index (χ2v) is 12.3. The van der Waals surface area contributed by atoms with Gasteiger partial charge in [-0.25, -0.2) is 0 Å². The molecule has 3 aromatic carbocycles. The Balaban J connectivity index is 2.04. The van der Waals surface area contributed by atoms with Crippen molar-refractivity contribution in [3.8, 4) is 5.75 Å². The molecule has 35 heavy (non-hydrogen) atoms. The first-order valence-corrected chi connectivity index (χ1v) is 12.7. The van der Waals surface area contributed by atoms with Crippen LogP contribution in [-0.2, 0) is 10.8 Å². The van der Waals surface area contributed by atoms with Crippen molar-refractivity contribution < 1.29 is 14.7 Å². The Hall–Kier alpha value is -3.11. The Morgan fingerprint density at radius 1 is 0.714 bits per heavy atom. The van der Waals surface area contributed by atoms with Crippen molar-refractivity contribution >= 4 is 28.9 Å². The van der Waals surface area contributed by atoms with Crippen LogP contribution in [0.4, 0.5) is 0 Å². The summed E-state index contributed by atoms with van der Waals surface area (Å²) in [5.41, 5.74) is 3.84. The fourth-order valence-electron chi connectivity index (χ4n) is 4.36. The molecule has 0 bridgehead atoms. The van der Waals surface area contributed by atoms with E-state index in [1.807, 2.05) is 84.9 Å². The van der Waals surface area contributed by atoms with E-state index in [2.05, 4.69) is 0 Å². The van der Waals surface area contributed by atoms with Gasteiger partial charge in [-0.3, -0.25) is 9.59 Å². The van der Waals surface area contributed by atoms with E-state index < -0.39 is 0 Å². The number of aromatic hydroxyl groups is 1. The highest BCUT2D eigenvalue weighted by Gasteiger charge is 2.35. The summed E-state index contributed by atoms with van der Waals surface area (Å²) in [5.74, 6) is -0.0687. The fraction of sp³-hybridized carbons (Fsp3) is 0.290. The number of thioether (sulfide) groups is 1. The number of phenolic OH excluding ortho intramolecular Hbond substituents is 1. The lowest BCUT2D eigenvalue weighted by atomic mass is 9.76. The number of benzene rings is 3. The Labute approximate surface area is 212 Å². The van der Waals surface area contributed by atoms with Gasteiger partial charge in [0.15, 0.2) is 5.78 Å². The lowest BCUT2D eigenvalue weighted by Gasteiger charge is -2.29. The minimum absolute atomic E-state index is 0.150. The summed E-state index contributed by atoms with van der Waals surface area (Å²) in [4.78, 5) is 29.0. The zero-order valence-corrected chi connectivity index (χ0v) is 22.3. The van der Waals surface area contributed by atoms with Crippen LogP contribution in [0.25, 0.3) is 5.57 Å². The SMILES string of the molecule is Cc1ccc(SC2=C(c3cc(C(C)(C)C)c(O)c(C(C)(C)C)c3)C(=O)c3ccccc3C2=O)cc1. The number of carbonyl (C=O) groups excluding carboxylic acids is 2. The average Bonchev–Trinajstić information content (AvgIpc) is 2.78. The highest BCUT2D eigenvalue weighted by molar-refractivity contribution is 8.04. The number of carbonyl (C=O) groups is 2. The van der Waals surface area contributed by atoms with Crippen LogP contribution >= 0.6 is 11.8 Å². The van der Waals surface area contributed by atoms with Crippen molar-refractivity contribution in [1.29, 1.82) is 0 Å². The number of allylic oxidation sites excluding steroid dienone is 2. The van der Waals surface area contributed by atoms with E-state index in [9.17, 15) is 14.7 Å². The first-order valence-electron chi connectivity index (χ1n) is 11.8. The van der Waals surface area contributed by atoms with Crippen LogP contribution in [0.3, 0.4) is 0 Å². The van der Waals surface area contributed by atoms with E-state index >= 15 is 0 Å². The van der Waals surface area contributed by atoms with Crippen molar-refractivity contribution in [3.05, 3.63) is 98.9 Å². The summed E-state index contributed by atoms with van der Waals surface area (Å²) < 4.78 is 0. The molecule has 3 aromatic rings. The van der Waals surface area contributed by atoms with Crippen LogP contribution < -0.4 is 0 Å². The minimum Gasteiger partial charge on any atom is -0.507 e. The summed E-state index contributed by atoms with van der Waals surface area (Å²) in [7, 11) is 0. The Morgan fingerprint density at radius 3 is 1.69 bits per heavy atom. The smallest absolute Gasteiger partial charge is 0.201 e. The Kier molecular flexibility index (Phi) is 6.31. The molecular formula is C31H32O3S. The molecule has 0 atom stereocenters. The van der Waals surface area contributed by atoms with E-state index in [1.165, 1.54) is 11.8 Å². The van der Waals surface area contributed by atoms with Gasteiger partial charge >= 0.3 is 0 Å². The molecule has 0 unspecified atom stereocenters. The molecule has 0 heterocycles. The molecule has 1 N–H and O–H groups in total. The van der Waals surface area contributed by atoms with Crippen LogP contribution in [0.1, 0.15) is 84.5 Å². The number of Topliss-reactive ketones (excluding diaryl/α,β-unsaturated/α-hetero) is 2. The van der Waals surface area contributed by atoms with E-state index in [1.54, 1.807) is 24.3 Å². The van der Waals surface area contributed by atoms with E-state index in [0.29, 0.717) is 27.2 Å². The van der Waals surface area contributed by atoms with Gasteiger partial charge in [0.25, 0.3) is 0 Å². The van der Waals surface area contributed by atoms with E-state index in [4.69, 9.17) is 0 Å². The summed E-state index contributed by atoms with van der Waals surface area (Å²) in [6.45, 7) is 14.3. The molecule has 0 aliphatic heterocycles. The van der Waals surface area contributed by atoms with Crippen molar-refractivity contribution in [2.24, 2.45) is 0 Å². The van der Waals surface area contributed by atoms with Gasteiger partial charge in [0.2, 0.25) is 5.78 Å². The Bertz CT molecular complexity index is 1330. The molecule has 0 saturated carbocycles. The van der Waals surface area contributed by atoms with Crippen LogP contribution in [0.15, 0.2) is 70.5 Å². The van der Waals surface area contributed by atoms with Gasteiger partial charge in [0.1, 0.15) is 5.75 Å². The fourth-order valence-corrected chi connectivity index (χ4v) is 5.38. The van der Waals surface area contributed by atoms with Crippen LogP contribution in [0.2, 0.25) is 0 Å². The average molecular weight is 485 g/mol. The standard InChI is InChI=1S/C31H32O3S/c1-18-12-14-20(15-13-18)35-29-25(26(32)21-10-8-9-11-22(21)27(29)33)19-16-23(30(2,3)4)28(34)24(17-19)31(5,6)7/h8-17,34H,1-7H3. The summed E-state index contributed by atoms with van der Waals surface area (Å²) in [6.07, 6.45) is 0. The van der Waals surface area contributed by atoms with Crippen LogP contribution in [0, 0.1) is 6.92 Å². The molecule has 0 saturated heterocycles. The molecule has 0 aromatic heterocycles. The maximum atomic E-state index is 13.9. The zero-order valence-electron chi connectivity index (χ0n) is 21.4. The quantitative estimate of drug-likeness (QED) is 0.411. The molecule has 0 spiro atoms. The third-order valence-corrected chi connectivity index (χ3v) is 7.43. The molecular weight excluding hydrogens is 452 g/mol. The monoisotopic (exact) mass is 484 g/mol. The lowest BCUT2D eigenvalue weighted by Crippen LogP contribution is -2.22. The summed E-state index contributed by atoms with van der Waals surface area (Å²) in [5, 5.41) is 11.2. The second kappa shape index (κ2) is 8.83.